The molecule has 2 aromatic rings. The van der Waals surface area contributed by atoms with Crippen LogP contribution in [0.2, 0.25) is 0 Å². The molecule has 0 saturated heterocycles. The van der Waals surface area contributed by atoms with E-state index in [0.29, 0.717) is 11.1 Å². The topological polar surface area (TPSA) is 0 Å². The monoisotopic (exact) mass is 282 g/mol. The Morgan fingerprint density at radius 3 is 2.10 bits per heavy atom. The molecule has 0 N–H and O–H groups in total. The molecule has 0 aliphatic rings. The minimum atomic E-state index is -1.16. The second kappa shape index (κ2) is 5.65. The third-order valence-corrected chi connectivity index (χ3v) is 3.34. The molecule has 0 aliphatic carbocycles. The highest BCUT2D eigenvalue weighted by atomic mass is 19.2. The number of benzene rings is 2. The Bertz CT molecular complexity index is 647. The molecule has 0 heterocycles. The summed E-state index contributed by atoms with van der Waals surface area (Å²) in [4.78, 5) is 0. The minimum Gasteiger partial charge on any atom is -0.207 e. The lowest BCUT2D eigenvalue weighted by atomic mass is 10.0. The summed E-state index contributed by atoms with van der Waals surface area (Å²) in [6.45, 7) is 2.94. The van der Waals surface area contributed by atoms with Crippen molar-refractivity contribution in [2.45, 2.75) is 26.7 Å². The summed E-state index contributed by atoms with van der Waals surface area (Å²) >= 11 is 0. The van der Waals surface area contributed by atoms with Crippen LogP contribution in [0.25, 0.3) is 0 Å². The molecule has 0 aromatic heterocycles. The quantitative estimate of drug-likeness (QED) is 0.568. The van der Waals surface area contributed by atoms with Crippen LogP contribution in [0, 0.1) is 37.1 Å². The van der Waals surface area contributed by atoms with Gasteiger partial charge in [-0.05, 0) is 55.5 Å². The van der Waals surface area contributed by atoms with E-state index in [0.717, 1.165) is 6.07 Å². The van der Waals surface area contributed by atoms with E-state index in [2.05, 4.69) is 0 Å². The molecule has 4 heteroatoms. The molecule has 2 aromatic carbocycles. The third kappa shape index (κ3) is 2.84. The second-order valence-electron chi connectivity index (χ2n) is 4.87. The highest BCUT2D eigenvalue weighted by Crippen LogP contribution is 2.21. The molecule has 0 bridgehead atoms. The molecule has 0 saturated carbocycles. The largest absolute Gasteiger partial charge is 0.207 e. The first-order valence-electron chi connectivity index (χ1n) is 6.28. The van der Waals surface area contributed by atoms with Crippen molar-refractivity contribution in [3.05, 3.63) is 69.8 Å². The van der Waals surface area contributed by atoms with Crippen LogP contribution in [0.15, 0.2) is 24.3 Å². The third-order valence-electron chi connectivity index (χ3n) is 3.34. The smallest absolute Gasteiger partial charge is 0.165 e. The predicted octanol–water partition coefficient (Wildman–Crippen LogP) is 4.65. The minimum absolute atomic E-state index is 0.0165. The van der Waals surface area contributed by atoms with Crippen molar-refractivity contribution < 1.29 is 17.6 Å². The lowest BCUT2D eigenvalue weighted by Gasteiger charge is -2.08. The molecule has 0 unspecified atom stereocenters. The van der Waals surface area contributed by atoms with Crippen molar-refractivity contribution in [1.82, 2.24) is 0 Å². The standard InChI is InChI=1S/C16H14F4/c1-9-3-4-11(8-13(9)17)5-6-12-14(18)7-10(2)15(19)16(12)20/h3-4,7-8H,5-6H2,1-2H3. The van der Waals surface area contributed by atoms with E-state index in [9.17, 15) is 17.6 Å². The first kappa shape index (κ1) is 14.6. The van der Waals surface area contributed by atoms with E-state index in [1.165, 1.54) is 13.0 Å². The fraction of sp³-hybridized carbons (Fsp3) is 0.250. The Morgan fingerprint density at radius 2 is 1.45 bits per heavy atom. The summed E-state index contributed by atoms with van der Waals surface area (Å²) in [6, 6.07) is 5.60. The number of rotatable bonds is 3. The van der Waals surface area contributed by atoms with Crippen LogP contribution in [-0.2, 0) is 12.8 Å². The Morgan fingerprint density at radius 1 is 0.750 bits per heavy atom. The van der Waals surface area contributed by atoms with Crippen molar-refractivity contribution in [2.24, 2.45) is 0 Å². The zero-order valence-electron chi connectivity index (χ0n) is 11.2. The average molecular weight is 282 g/mol. The van der Waals surface area contributed by atoms with Crippen molar-refractivity contribution in [3.8, 4) is 0 Å². The molecule has 20 heavy (non-hydrogen) atoms. The molecule has 0 spiro atoms. The van der Waals surface area contributed by atoms with Gasteiger partial charge in [-0.1, -0.05) is 12.1 Å². The summed E-state index contributed by atoms with van der Waals surface area (Å²) in [6.07, 6.45) is 0.227. The van der Waals surface area contributed by atoms with Gasteiger partial charge in [0.15, 0.2) is 11.6 Å². The molecule has 0 atom stereocenters. The van der Waals surface area contributed by atoms with E-state index >= 15 is 0 Å². The van der Waals surface area contributed by atoms with Gasteiger partial charge in [0.05, 0.1) is 0 Å². The van der Waals surface area contributed by atoms with E-state index in [4.69, 9.17) is 0 Å². The number of hydrogen-bond acceptors (Lipinski definition) is 0. The Balaban J connectivity index is 2.23. The fourth-order valence-corrected chi connectivity index (χ4v) is 2.04. The van der Waals surface area contributed by atoms with Crippen LogP contribution >= 0.6 is 0 Å². The van der Waals surface area contributed by atoms with Gasteiger partial charge >= 0.3 is 0 Å². The molecular formula is C16H14F4. The highest BCUT2D eigenvalue weighted by molar-refractivity contribution is 5.29. The Kier molecular flexibility index (Phi) is 4.12. The van der Waals surface area contributed by atoms with Crippen LogP contribution in [0.4, 0.5) is 17.6 Å². The summed E-state index contributed by atoms with van der Waals surface area (Å²) < 4.78 is 54.1. The van der Waals surface area contributed by atoms with Gasteiger partial charge in [-0.3, -0.25) is 0 Å². The summed E-state index contributed by atoms with van der Waals surface area (Å²) in [5, 5.41) is 0. The molecule has 0 nitrogen and oxygen atoms in total. The second-order valence-corrected chi connectivity index (χ2v) is 4.87. The maximum Gasteiger partial charge on any atom is 0.165 e. The van der Waals surface area contributed by atoms with Crippen molar-refractivity contribution in [1.29, 1.82) is 0 Å². The average Bonchev–Trinajstić information content (AvgIpc) is 2.40. The van der Waals surface area contributed by atoms with Gasteiger partial charge in [-0.25, -0.2) is 17.6 Å². The van der Waals surface area contributed by atoms with E-state index in [1.54, 1.807) is 19.1 Å². The van der Waals surface area contributed by atoms with Crippen molar-refractivity contribution >= 4 is 0 Å². The van der Waals surface area contributed by atoms with Gasteiger partial charge in [-0.15, -0.1) is 0 Å². The SMILES string of the molecule is Cc1ccc(CCc2c(F)cc(C)c(F)c2F)cc1F. The zero-order chi connectivity index (χ0) is 14.9. The lowest BCUT2D eigenvalue weighted by molar-refractivity contribution is 0.473. The molecule has 0 aliphatic heterocycles. The normalized spacial score (nSPS) is 10.9. The number of hydrogen-bond donors (Lipinski definition) is 0. The van der Waals surface area contributed by atoms with Gasteiger partial charge in [0.1, 0.15) is 11.6 Å². The number of halogens is 4. The maximum atomic E-state index is 13.7. The summed E-state index contributed by atoms with van der Waals surface area (Å²) in [7, 11) is 0. The first-order chi connectivity index (χ1) is 9.40. The van der Waals surface area contributed by atoms with Crippen molar-refractivity contribution in [2.75, 3.05) is 0 Å². The predicted molar refractivity (Wildman–Crippen MR) is 69.6 cm³/mol. The molecule has 106 valence electrons. The first-order valence-corrected chi connectivity index (χ1v) is 6.28. The van der Waals surface area contributed by atoms with Gasteiger partial charge in [-0.2, -0.15) is 0 Å². The van der Waals surface area contributed by atoms with E-state index in [-0.39, 0.29) is 29.8 Å². The molecule has 2 rings (SSSR count). The van der Waals surface area contributed by atoms with Gasteiger partial charge in [0, 0.05) is 5.56 Å². The fourth-order valence-electron chi connectivity index (χ4n) is 2.04. The zero-order valence-corrected chi connectivity index (χ0v) is 11.2. The number of aryl methyl sites for hydroxylation is 3. The van der Waals surface area contributed by atoms with Crippen LogP contribution in [0.5, 0.6) is 0 Å². The lowest BCUT2D eigenvalue weighted by Crippen LogP contribution is -2.04. The van der Waals surface area contributed by atoms with Crippen LogP contribution in [0.1, 0.15) is 22.3 Å². The van der Waals surface area contributed by atoms with Crippen LogP contribution < -0.4 is 0 Å². The van der Waals surface area contributed by atoms with Crippen LogP contribution in [-0.4, -0.2) is 0 Å². The van der Waals surface area contributed by atoms with Crippen molar-refractivity contribution in [3.63, 3.8) is 0 Å². The molecular weight excluding hydrogens is 268 g/mol. The van der Waals surface area contributed by atoms with Gasteiger partial charge < -0.3 is 0 Å². The van der Waals surface area contributed by atoms with Gasteiger partial charge in [0.2, 0.25) is 0 Å². The van der Waals surface area contributed by atoms with E-state index in [1.807, 2.05) is 0 Å². The molecule has 0 fully saturated rings. The maximum absolute atomic E-state index is 13.7. The van der Waals surface area contributed by atoms with E-state index < -0.39 is 17.5 Å². The summed E-state index contributed by atoms with van der Waals surface area (Å²) in [5.41, 5.74) is 0.764. The molecule has 0 radical (unpaired) electrons. The summed E-state index contributed by atoms with van der Waals surface area (Å²) in [5.74, 6) is -3.32. The molecule has 0 amide bonds. The Hall–Kier alpha value is -1.84. The van der Waals surface area contributed by atoms with Gasteiger partial charge in [0.25, 0.3) is 0 Å². The Labute approximate surface area is 115 Å². The van der Waals surface area contributed by atoms with Crippen LogP contribution in [0.3, 0.4) is 0 Å². The highest BCUT2D eigenvalue weighted by Gasteiger charge is 2.16.